The molecule has 1 aromatic carbocycles. The first kappa shape index (κ1) is 17.0. The molecule has 0 saturated heterocycles. The summed E-state index contributed by atoms with van der Waals surface area (Å²) in [5.41, 5.74) is 0.0517. The van der Waals surface area contributed by atoms with Crippen LogP contribution in [-0.4, -0.2) is 21.8 Å². The zero-order valence-electron chi connectivity index (χ0n) is 14.1. The Morgan fingerprint density at radius 1 is 1.33 bits per heavy atom. The number of hydrogen-bond donors (Lipinski definition) is 1. The molecule has 0 bridgehead atoms. The van der Waals surface area contributed by atoms with Crippen LogP contribution >= 0.6 is 11.6 Å². The molecule has 1 fully saturated rings. The molecule has 6 heteroatoms. The fourth-order valence-corrected chi connectivity index (χ4v) is 3.34. The minimum atomic E-state index is -0.631. The Kier molecular flexibility index (Phi) is 4.16. The van der Waals surface area contributed by atoms with Crippen LogP contribution in [0.25, 0.3) is 10.8 Å². The van der Waals surface area contributed by atoms with Gasteiger partial charge in [0, 0.05) is 5.39 Å². The van der Waals surface area contributed by atoms with E-state index in [0.717, 1.165) is 24.8 Å². The van der Waals surface area contributed by atoms with Gasteiger partial charge in [-0.05, 0) is 51.3 Å². The summed E-state index contributed by atoms with van der Waals surface area (Å²) in [4.78, 5) is 24.7. The van der Waals surface area contributed by atoms with Crippen molar-refractivity contribution in [2.75, 3.05) is 0 Å². The Labute approximate surface area is 145 Å². The first-order valence-corrected chi connectivity index (χ1v) is 8.61. The lowest BCUT2D eigenvalue weighted by Crippen LogP contribution is -2.46. The molecule has 24 heavy (non-hydrogen) atoms. The molecule has 1 aliphatic rings. The Morgan fingerprint density at radius 2 is 2.04 bits per heavy atom. The predicted octanol–water partition coefficient (Wildman–Crippen LogP) is 3.43. The first-order valence-electron chi connectivity index (χ1n) is 8.08. The van der Waals surface area contributed by atoms with Crippen LogP contribution < -0.4 is 5.56 Å². The van der Waals surface area contributed by atoms with E-state index in [1.165, 1.54) is 0 Å². The highest BCUT2D eigenvalue weighted by molar-refractivity contribution is 6.17. The number of fused-ring (bicyclic) bond motifs is 1. The van der Waals surface area contributed by atoms with E-state index in [9.17, 15) is 9.59 Å². The van der Waals surface area contributed by atoms with Crippen LogP contribution in [0, 0.1) is 0 Å². The average Bonchev–Trinajstić information content (AvgIpc) is 2.44. The number of nitrogens with zero attached hydrogens (tertiary/aromatic N) is 1. The minimum absolute atomic E-state index is 0.191. The maximum absolute atomic E-state index is 12.8. The number of nitrogens with one attached hydrogen (secondary N) is 1. The maximum atomic E-state index is 12.8. The summed E-state index contributed by atoms with van der Waals surface area (Å²) in [6.45, 7) is 5.60. The number of benzene rings is 1. The highest BCUT2D eigenvalue weighted by atomic mass is 35.5. The normalized spacial score (nSPS) is 16.7. The number of hydrogen-bond acceptors (Lipinski definition) is 4. The lowest BCUT2D eigenvalue weighted by molar-refractivity contribution is -0.166. The average molecular weight is 349 g/mol. The third-order valence-corrected chi connectivity index (χ3v) is 4.80. The molecule has 1 aromatic heterocycles. The number of carbonyl (C=O) groups is 1. The molecule has 0 spiro atoms. The van der Waals surface area contributed by atoms with Gasteiger partial charge in [0.05, 0.1) is 22.4 Å². The molecule has 0 radical (unpaired) electrons. The largest absolute Gasteiger partial charge is 0.459 e. The monoisotopic (exact) mass is 348 g/mol. The molecular weight excluding hydrogens is 328 g/mol. The second kappa shape index (κ2) is 5.88. The predicted molar refractivity (Wildman–Crippen MR) is 93.3 cm³/mol. The van der Waals surface area contributed by atoms with Crippen molar-refractivity contribution in [1.29, 1.82) is 0 Å². The van der Waals surface area contributed by atoms with Crippen molar-refractivity contribution in [3.05, 3.63) is 39.8 Å². The molecule has 0 atom stereocenters. The standard InChI is InChI=1S/C18H21ClN2O3/c1-17(2,3)24-16(23)18(7-4-8-18)11-5-6-12-13(9-11)14(10-19)20-21-15(12)22/h5-6,9H,4,7-8,10H2,1-3H3,(H,21,22). The van der Waals surface area contributed by atoms with Crippen LogP contribution in [0.4, 0.5) is 0 Å². The molecule has 1 N–H and O–H groups in total. The molecule has 2 aromatic rings. The summed E-state index contributed by atoms with van der Waals surface area (Å²) in [6, 6.07) is 5.46. The third-order valence-electron chi connectivity index (χ3n) is 4.54. The number of carbonyl (C=O) groups excluding carboxylic acids is 1. The maximum Gasteiger partial charge on any atom is 0.317 e. The number of H-pyrrole nitrogens is 1. The van der Waals surface area contributed by atoms with Crippen molar-refractivity contribution < 1.29 is 9.53 Å². The van der Waals surface area contributed by atoms with Crippen molar-refractivity contribution in [2.45, 2.75) is 56.9 Å². The van der Waals surface area contributed by atoms with Crippen molar-refractivity contribution in [1.82, 2.24) is 10.2 Å². The van der Waals surface area contributed by atoms with Crippen LogP contribution in [0.5, 0.6) is 0 Å². The number of rotatable bonds is 3. The van der Waals surface area contributed by atoms with Gasteiger partial charge in [0.1, 0.15) is 5.60 Å². The van der Waals surface area contributed by atoms with Crippen LogP contribution in [0.1, 0.15) is 51.3 Å². The topological polar surface area (TPSA) is 72.1 Å². The lowest BCUT2D eigenvalue weighted by atomic mass is 9.64. The fraction of sp³-hybridized carbons (Fsp3) is 0.500. The number of alkyl halides is 1. The summed E-state index contributed by atoms with van der Waals surface area (Å²) < 4.78 is 5.64. The van der Waals surface area contributed by atoms with E-state index < -0.39 is 11.0 Å². The van der Waals surface area contributed by atoms with Gasteiger partial charge in [0.25, 0.3) is 5.56 Å². The number of ether oxygens (including phenoxy) is 1. The van der Waals surface area contributed by atoms with Crippen molar-refractivity contribution in [2.24, 2.45) is 0 Å². The highest BCUT2D eigenvalue weighted by Crippen LogP contribution is 2.46. The zero-order valence-corrected chi connectivity index (χ0v) is 14.9. The third kappa shape index (κ3) is 2.81. The summed E-state index contributed by atoms with van der Waals surface area (Å²) in [7, 11) is 0. The Hall–Kier alpha value is -1.88. The highest BCUT2D eigenvalue weighted by Gasteiger charge is 2.48. The summed E-state index contributed by atoms with van der Waals surface area (Å²) >= 11 is 5.95. The van der Waals surface area contributed by atoms with E-state index >= 15 is 0 Å². The van der Waals surface area contributed by atoms with Crippen molar-refractivity contribution in [3.8, 4) is 0 Å². The van der Waals surface area contributed by atoms with E-state index in [0.29, 0.717) is 16.5 Å². The Balaban J connectivity index is 2.10. The van der Waals surface area contributed by atoms with E-state index in [2.05, 4.69) is 10.2 Å². The molecular formula is C18H21ClN2O3. The van der Waals surface area contributed by atoms with Gasteiger partial charge in [-0.3, -0.25) is 9.59 Å². The molecule has 1 saturated carbocycles. The van der Waals surface area contributed by atoms with Gasteiger partial charge in [0.15, 0.2) is 0 Å². The molecule has 0 unspecified atom stereocenters. The number of aromatic nitrogens is 2. The quantitative estimate of drug-likeness (QED) is 0.681. The van der Waals surface area contributed by atoms with Gasteiger partial charge in [0.2, 0.25) is 0 Å². The molecule has 3 rings (SSSR count). The van der Waals surface area contributed by atoms with Gasteiger partial charge in [-0.25, -0.2) is 5.10 Å². The zero-order chi connectivity index (χ0) is 17.5. The van der Waals surface area contributed by atoms with Crippen molar-refractivity contribution in [3.63, 3.8) is 0 Å². The van der Waals surface area contributed by atoms with Gasteiger partial charge < -0.3 is 4.74 Å². The number of aromatic amines is 1. The molecule has 1 aliphatic carbocycles. The molecule has 1 heterocycles. The summed E-state index contributed by atoms with van der Waals surface area (Å²) in [5.74, 6) is -0.0123. The molecule has 0 aliphatic heterocycles. The van der Waals surface area contributed by atoms with Gasteiger partial charge in [-0.1, -0.05) is 12.5 Å². The van der Waals surface area contributed by atoms with Crippen molar-refractivity contribution >= 4 is 28.3 Å². The van der Waals surface area contributed by atoms with Gasteiger partial charge in [-0.2, -0.15) is 5.10 Å². The second-order valence-corrected chi connectivity index (χ2v) is 7.60. The van der Waals surface area contributed by atoms with E-state index in [1.807, 2.05) is 32.9 Å². The summed E-state index contributed by atoms with van der Waals surface area (Å²) in [6.07, 6.45) is 2.48. The second-order valence-electron chi connectivity index (χ2n) is 7.33. The van der Waals surface area contributed by atoms with Gasteiger partial charge >= 0.3 is 5.97 Å². The first-order chi connectivity index (χ1) is 11.3. The number of halogens is 1. The number of esters is 1. The van der Waals surface area contributed by atoms with Crippen LogP contribution in [0.2, 0.25) is 0 Å². The minimum Gasteiger partial charge on any atom is -0.459 e. The van der Waals surface area contributed by atoms with E-state index in [-0.39, 0.29) is 17.4 Å². The smallest absolute Gasteiger partial charge is 0.317 e. The van der Waals surface area contributed by atoms with Gasteiger partial charge in [-0.15, -0.1) is 11.6 Å². The fourth-order valence-electron chi connectivity index (χ4n) is 3.14. The van der Waals surface area contributed by atoms with Crippen LogP contribution in [0.15, 0.2) is 23.0 Å². The van der Waals surface area contributed by atoms with E-state index in [1.54, 1.807) is 6.07 Å². The lowest BCUT2D eigenvalue weighted by Gasteiger charge is -2.41. The SMILES string of the molecule is CC(C)(C)OC(=O)C1(c2ccc3c(=O)[nH]nc(CCl)c3c2)CCC1. The van der Waals surface area contributed by atoms with Crippen LogP contribution in [0.3, 0.4) is 0 Å². The Morgan fingerprint density at radius 3 is 2.58 bits per heavy atom. The van der Waals surface area contributed by atoms with E-state index in [4.69, 9.17) is 16.3 Å². The molecule has 128 valence electrons. The summed E-state index contributed by atoms with van der Waals surface area (Å²) in [5, 5.41) is 7.69. The molecule has 0 amide bonds. The molecule has 5 nitrogen and oxygen atoms in total. The van der Waals surface area contributed by atoms with Crippen LogP contribution in [-0.2, 0) is 20.8 Å². The Bertz CT molecular complexity index is 847.